The zero-order valence-electron chi connectivity index (χ0n) is 17.8. The monoisotopic (exact) mass is 495 g/mol. The van der Waals surface area contributed by atoms with Gasteiger partial charge in [0.2, 0.25) is 11.8 Å². The highest BCUT2D eigenvalue weighted by Gasteiger charge is 2.47. The van der Waals surface area contributed by atoms with Crippen LogP contribution in [0.2, 0.25) is 5.02 Å². The number of ether oxygens (including phenoxy) is 1. The number of alkyl halides is 2. The lowest BCUT2D eigenvalue weighted by atomic mass is 9.87. The van der Waals surface area contributed by atoms with Gasteiger partial charge < -0.3 is 15.4 Å². The third-order valence-electron chi connectivity index (χ3n) is 5.66. The first kappa shape index (κ1) is 23.9. The van der Waals surface area contributed by atoms with Crippen LogP contribution in [0.1, 0.15) is 30.9 Å². The number of alkyl carbamates (subject to hydrolysis) is 1. The predicted molar refractivity (Wildman–Crippen MR) is 117 cm³/mol. The number of rotatable bonds is 7. The number of anilines is 1. The Hall–Kier alpha value is -3.27. The Morgan fingerprint density at radius 1 is 1.21 bits per heavy atom. The predicted octanol–water partition coefficient (Wildman–Crippen LogP) is 3.97. The van der Waals surface area contributed by atoms with Crippen LogP contribution in [0.3, 0.4) is 0 Å². The lowest BCUT2D eigenvalue weighted by molar-refractivity contribution is -0.132. The van der Waals surface area contributed by atoms with Gasteiger partial charge in [-0.2, -0.15) is 0 Å². The van der Waals surface area contributed by atoms with Crippen LogP contribution < -0.4 is 15.5 Å². The molecule has 2 aromatic rings. The Morgan fingerprint density at radius 2 is 1.94 bits per heavy atom. The average Bonchev–Trinajstić information content (AvgIpc) is 3.15. The van der Waals surface area contributed by atoms with Gasteiger partial charge in [0, 0.05) is 35.2 Å². The standard InChI is InChI=1S/C23H21ClF3N3O4/c24-18-7-2-1-6-17(18)20(21(32)28-15-10-23(26,27)11-15)30(16-5-3-4-13(25)8-16)19(31)9-14-12-34-22(33)29-14/h1-8,14-15,20H,9-12H2,(H,28,32)(H,29,33)/t14-,20?/m0/s1. The number of cyclic esters (lactones) is 1. The fraction of sp³-hybridized carbons (Fsp3) is 0.348. The minimum absolute atomic E-state index is 0.0539. The van der Waals surface area contributed by atoms with Crippen molar-refractivity contribution in [2.45, 2.75) is 43.3 Å². The van der Waals surface area contributed by atoms with E-state index in [1.54, 1.807) is 12.1 Å². The highest BCUT2D eigenvalue weighted by Crippen LogP contribution is 2.39. The first-order chi connectivity index (χ1) is 16.1. The number of hydrogen-bond donors (Lipinski definition) is 2. The van der Waals surface area contributed by atoms with Crippen LogP contribution >= 0.6 is 11.6 Å². The lowest BCUT2D eigenvalue weighted by Gasteiger charge is -2.38. The Bertz CT molecular complexity index is 1110. The van der Waals surface area contributed by atoms with Gasteiger partial charge in [0.1, 0.15) is 18.5 Å². The smallest absolute Gasteiger partial charge is 0.407 e. The van der Waals surface area contributed by atoms with Crippen molar-refractivity contribution in [1.82, 2.24) is 10.6 Å². The van der Waals surface area contributed by atoms with Crippen molar-refractivity contribution in [3.63, 3.8) is 0 Å². The number of carbonyl (C=O) groups excluding carboxylic acids is 3. The lowest BCUT2D eigenvalue weighted by Crippen LogP contribution is -2.54. The van der Waals surface area contributed by atoms with E-state index in [0.29, 0.717) is 0 Å². The van der Waals surface area contributed by atoms with Gasteiger partial charge in [0.15, 0.2) is 0 Å². The average molecular weight is 496 g/mol. The third kappa shape index (κ3) is 5.27. The normalized spacial score (nSPS) is 20.0. The van der Waals surface area contributed by atoms with Gasteiger partial charge in [-0.05, 0) is 24.3 Å². The van der Waals surface area contributed by atoms with Crippen molar-refractivity contribution in [3.05, 3.63) is 64.9 Å². The molecule has 0 radical (unpaired) electrons. The molecule has 11 heteroatoms. The molecule has 1 heterocycles. The molecule has 2 fully saturated rings. The summed E-state index contributed by atoms with van der Waals surface area (Å²) in [6.07, 6.45) is -1.97. The zero-order chi connectivity index (χ0) is 24.5. The second kappa shape index (κ2) is 9.54. The van der Waals surface area contributed by atoms with Crippen LogP contribution in [0.25, 0.3) is 0 Å². The van der Waals surface area contributed by atoms with E-state index in [0.717, 1.165) is 11.0 Å². The van der Waals surface area contributed by atoms with Gasteiger partial charge in [0.25, 0.3) is 5.92 Å². The molecule has 2 aliphatic rings. The molecule has 1 aliphatic heterocycles. The van der Waals surface area contributed by atoms with Gasteiger partial charge >= 0.3 is 6.09 Å². The van der Waals surface area contributed by atoms with E-state index in [-0.39, 0.29) is 29.3 Å². The van der Waals surface area contributed by atoms with E-state index >= 15 is 0 Å². The Balaban J connectivity index is 1.72. The molecule has 2 atom stereocenters. The molecule has 180 valence electrons. The summed E-state index contributed by atoms with van der Waals surface area (Å²) < 4.78 is 45.7. The van der Waals surface area contributed by atoms with E-state index in [1.807, 2.05) is 0 Å². The van der Waals surface area contributed by atoms with Crippen LogP contribution in [0.15, 0.2) is 48.5 Å². The molecule has 2 aromatic carbocycles. The van der Waals surface area contributed by atoms with Crippen molar-refractivity contribution in [2.24, 2.45) is 0 Å². The molecule has 1 unspecified atom stereocenters. The van der Waals surface area contributed by atoms with Crippen molar-refractivity contribution in [3.8, 4) is 0 Å². The van der Waals surface area contributed by atoms with Crippen molar-refractivity contribution < 1.29 is 32.3 Å². The van der Waals surface area contributed by atoms with Gasteiger partial charge in [-0.3, -0.25) is 14.5 Å². The van der Waals surface area contributed by atoms with E-state index in [1.165, 1.54) is 30.3 Å². The van der Waals surface area contributed by atoms with Crippen molar-refractivity contribution >= 4 is 35.2 Å². The number of amides is 3. The van der Waals surface area contributed by atoms with Crippen LogP contribution in [0, 0.1) is 5.82 Å². The third-order valence-corrected chi connectivity index (χ3v) is 6.00. The molecule has 1 saturated carbocycles. The van der Waals surface area contributed by atoms with Crippen molar-refractivity contribution in [2.75, 3.05) is 11.5 Å². The molecule has 34 heavy (non-hydrogen) atoms. The fourth-order valence-electron chi connectivity index (χ4n) is 4.05. The molecule has 0 aromatic heterocycles. The summed E-state index contributed by atoms with van der Waals surface area (Å²) in [5.41, 5.74) is 0.298. The maximum absolute atomic E-state index is 14.1. The van der Waals surface area contributed by atoms with E-state index < -0.39 is 60.6 Å². The van der Waals surface area contributed by atoms with Gasteiger partial charge in [-0.25, -0.2) is 18.0 Å². The maximum atomic E-state index is 14.1. The minimum atomic E-state index is -2.86. The van der Waals surface area contributed by atoms with Crippen LogP contribution in [0.4, 0.5) is 23.7 Å². The SMILES string of the molecule is O=C1N[C@@H](CC(=O)N(c2cccc(F)c2)C(C(=O)NC2CC(F)(F)C2)c2ccccc2Cl)CO1. The van der Waals surface area contributed by atoms with Crippen LogP contribution in [-0.2, 0) is 14.3 Å². The summed E-state index contributed by atoms with van der Waals surface area (Å²) in [5, 5.41) is 5.21. The number of nitrogens with one attached hydrogen (secondary N) is 2. The largest absolute Gasteiger partial charge is 0.447 e. The highest BCUT2D eigenvalue weighted by atomic mass is 35.5. The van der Waals surface area contributed by atoms with E-state index in [2.05, 4.69) is 10.6 Å². The first-order valence-electron chi connectivity index (χ1n) is 10.6. The van der Waals surface area contributed by atoms with Gasteiger partial charge in [0.05, 0.1) is 12.5 Å². The number of nitrogens with zero attached hydrogens (tertiary/aromatic N) is 1. The zero-order valence-corrected chi connectivity index (χ0v) is 18.5. The van der Waals surface area contributed by atoms with E-state index in [9.17, 15) is 27.6 Å². The van der Waals surface area contributed by atoms with Crippen LogP contribution in [-0.4, -0.2) is 42.5 Å². The molecule has 1 saturated heterocycles. The molecular weight excluding hydrogens is 475 g/mol. The summed E-state index contributed by atoms with van der Waals surface area (Å²) in [7, 11) is 0. The molecule has 3 amide bonds. The number of halogens is 4. The number of benzene rings is 2. The summed E-state index contributed by atoms with van der Waals surface area (Å²) in [6.45, 7) is -0.0539. The fourth-order valence-corrected chi connectivity index (χ4v) is 4.29. The summed E-state index contributed by atoms with van der Waals surface area (Å²) in [6, 6.07) is 8.56. The second-order valence-electron chi connectivity index (χ2n) is 8.28. The molecule has 7 nitrogen and oxygen atoms in total. The summed E-state index contributed by atoms with van der Waals surface area (Å²) in [5.74, 6) is -4.88. The second-order valence-corrected chi connectivity index (χ2v) is 8.69. The Kier molecular flexibility index (Phi) is 6.70. The topological polar surface area (TPSA) is 87.7 Å². The van der Waals surface area contributed by atoms with Gasteiger partial charge in [-0.1, -0.05) is 35.9 Å². The van der Waals surface area contributed by atoms with E-state index in [4.69, 9.17) is 16.3 Å². The molecule has 2 N–H and O–H groups in total. The van der Waals surface area contributed by atoms with Crippen LogP contribution in [0.5, 0.6) is 0 Å². The molecule has 1 aliphatic carbocycles. The summed E-state index contributed by atoms with van der Waals surface area (Å²) >= 11 is 6.36. The highest BCUT2D eigenvalue weighted by molar-refractivity contribution is 6.31. The molecule has 0 bridgehead atoms. The Labute approximate surface area is 198 Å². The van der Waals surface area contributed by atoms with Crippen molar-refractivity contribution in [1.29, 1.82) is 0 Å². The quantitative estimate of drug-likeness (QED) is 0.608. The number of carbonyl (C=O) groups is 3. The molecule has 0 spiro atoms. The first-order valence-corrected chi connectivity index (χ1v) is 10.9. The number of hydrogen-bond acceptors (Lipinski definition) is 4. The minimum Gasteiger partial charge on any atom is -0.447 e. The van der Waals surface area contributed by atoms with Gasteiger partial charge in [-0.15, -0.1) is 0 Å². The Morgan fingerprint density at radius 3 is 2.56 bits per heavy atom. The molecule has 4 rings (SSSR count). The maximum Gasteiger partial charge on any atom is 0.407 e. The summed E-state index contributed by atoms with van der Waals surface area (Å²) in [4.78, 5) is 39.3. The molecular formula is C23H21ClF3N3O4.